The fraction of sp³-hybridized carbons (Fsp3) is 0.643. The molecule has 20 heavy (non-hydrogen) atoms. The van der Waals surface area contributed by atoms with Crippen LogP contribution in [0.3, 0.4) is 0 Å². The molecule has 1 aromatic rings. The summed E-state index contributed by atoms with van der Waals surface area (Å²) in [5.41, 5.74) is -0.120. The molecule has 2 rings (SSSR count). The Hall–Kier alpha value is -1.85. The zero-order chi connectivity index (χ0) is 14.5. The van der Waals surface area contributed by atoms with Crippen molar-refractivity contribution in [2.45, 2.75) is 51.6 Å². The first kappa shape index (κ1) is 14.6. The first-order valence-corrected chi connectivity index (χ1v) is 7.18. The predicted molar refractivity (Wildman–Crippen MR) is 77.8 cm³/mol. The average molecular weight is 278 g/mol. The van der Waals surface area contributed by atoms with Gasteiger partial charge in [-0.15, -0.1) is 0 Å². The minimum absolute atomic E-state index is 0.0925. The zero-order valence-corrected chi connectivity index (χ0v) is 12.1. The van der Waals surface area contributed by atoms with Gasteiger partial charge in [-0.1, -0.05) is 0 Å². The summed E-state index contributed by atoms with van der Waals surface area (Å²) in [6.45, 7) is 4.48. The lowest BCUT2D eigenvalue weighted by Crippen LogP contribution is -2.27. The molecule has 1 heterocycles. The van der Waals surface area contributed by atoms with E-state index in [1.165, 1.54) is 0 Å². The average Bonchev–Trinajstić information content (AvgIpc) is 3.19. The van der Waals surface area contributed by atoms with Gasteiger partial charge in [0.05, 0.1) is 0 Å². The van der Waals surface area contributed by atoms with Gasteiger partial charge in [-0.05, 0) is 33.1 Å². The summed E-state index contributed by atoms with van der Waals surface area (Å²) in [4.78, 5) is 27.6. The van der Waals surface area contributed by atoms with Gasteiger partial charge in [-0.25, -0.2) is 4.98 Å². The van der Waals surface area contributed by atoms with Crippen molar-refractivity contribution >= 4 is 11.7 Å². The fourth-order valence-electron chi connectivity index (χ4n) is 1.94. The molecule has 1 aromatic heterocycles. The third kappa shape index (κ3) is 4.08. The molecular weight excluding hydrogens is 256 g/mol. The Morgan fingerprint density at radius 3 is 2.90 bits per heavy atom. The monoisotopic (exact) mass is 278 g/mol. The number of aromatic nitrogens is 2. The second kappa shape index (κ2) is 6.54. The molecule has 0 saturated heterocycles. The Bertz CT molecular complexity index is 520. The van der Waals surface area contributed by atoms with Crippen molar-refractivity contribution in [3.8, 4) is 0 Å². The molecule has 0 radical (unpaired) electrons. The van der Waals surface area contributed by atoms with E-state index in [2.05, 4.69) is 15.6 Å². The van der Waals surface area contributed by atoms with Crippen LogP contribution in [0.5, 0.6) is 0 Å². The molecule has 110 valence electrons. The van der Waals surface area contributed by atoms with Crippen LogP contribution in [0.25, 0.3) is 0 Å². The summed E-state index contributed by atoms with van der Waals surface area (Å²) in [5, 5.41) is 5.95. The maximum atomic E-state index is 12.1. The normalized spacial score (nSPS) is 14.3. The van der Waals surface area contributed by atoms with Gasteiger partial charge in [0.1, 0.15) is 0 Å². The van der Waals surface area contributed by atoms with Crippen molar-refractivity contribution in [2.24, 2.45) is 0 Å². The summed E-state index contributed by atoms with van der Waals surface area (Å²) < 4.78 is 1.63. The largest absolute Gasteiger partial charge is 0.365 e. The van der Waals surface area contributed by atoms with Gasteiger partial charge in [0, 0.05) is 37.4 Å². The Labute approximate surface area is 118 Å². The van der Waals surface area contributed by atoms with Crippen LogP contribution in [0.2, 0.25) is 0 Å². The molecule has 6 heteroatoms. The van der Waals surface area contributed by atoms with Crippen LogP contribution in [0.1, 0.15) is 45.6 Å². The van der Waals surface area contributed by atoms with Crippen molar-refractivity contribution in [3.63, 3.8) is 0 Å². The zero-order valence-electron chi connectivity index (χ0n) is 12.1. The Kier molecular flexibility index (Phi) is 4.76. The van der Waals surface area contributed by atoms with Crippen molar-refractivity contribution < 1.29 is 4.79 Å². The maximum Gasteiger partial charge on any atom is 0.293 e. The van der Waals surface area contributed by atoms with Crippen molar-refractivity contribution in [1.82, 2.24) is 14.9 Å². The molecular formula is C14H22N4O2. The van der Waals surface area contributed by atoms with E-state index in [0.717, 1.165) is 12.8 Å². The van der Waals surface area contributed by atoms with Crippen LogP contribution < -0.4 is 16.2 Å². The van der Waals surface area contributed by atoms with Gasteiger partial charge >= 0.3 is 0 Å². The number of hydrogen-bond acceptors (Lipinski definition) is 4. The van der Waals surface area contributed by atoms with Crippen molar-refractivity contribution in [1.29, 1.82) is 0 Å². The van der Waals surface area contributed by atoms with Crippen molar-refractivity contribution in [3.05, 3.63) is 22.7 Å². The highest BCUT2D eigenvalue weighted by atomic mass is 16.1. The quantitative estimate of drug-likeness (QED) is 0.737. The van der Waals surface area contributed by atoms with Crippen LogP contribution in [0.4, 0.5) is 5.82 Å². The van der Waals surface area contributed by atoms with Gasteiger partial charge in [-0.3, -0.25) is 9.59 Å². The first-order valence-electron chi connectivity index (χ1n) is 7.18. The molecule has 6 nitrogen and oxygen atoms in total. The Balaban J connectivity index is 1.77. The highest BCUT2D eigenvalue weighted by Gasteiger charge is 2.22. The summed E-state index contributed by atoms with van der Waals surface area (Å²) >= 11 is 0. The lowest BCUT2D eigenvalue weighted by atomic mass is 10.3. The lowest BCUT2D eigenvalue weighted by Gasteiger charge is -2.11. The van der Waals surface area contributed by atoms with E-state index in [0.29, 0.717) is 31.2 Å². The number of anilines is 1. The summed E-state index contributed by atoms with van der Waals surface area (Å²) in [6, 6.07) is 0.514. The molecule has 1 amide bonds. The minimum atomic E-state index is -0.120. The summed E-state index contributed by atoms with van der Waals surface area (Å²) in [6.07, 6.45) is 6.68. The molecule has 0 atom stereocenters. The number of nitrogens with one attached hydrogen (secondary N) is 2. The predicted octanol–water partition coefficient (Wildman–Crippen LogP) is 1.29. The van der Waals surface area contributed by atoms with E-state index >= 15 is 0 Å². The minimum Gasteiger partial charge on any atom is -0.365 e. The number of carbonyl (C=O) groups is 1. The molecule has 1 saturated carbocycles. The molecule has 1 aliphatic rings. The van der Waals surface area contributed by atoms with E-state index in [4.69, 9.17) is 0 Å². The molecule has 0 bridgehead atoms. The number of rotatable bonds is 7. The van der Waals surface area contributed by atoms with Crippen LogP contribution in [-0.4, -0.2) is 28.0 Å². The standard InChI is InChI=1S/C14H22N4O2/c1-10(2)18-9-8-16-13(14(18)20)15-7-3-4-12(19)17-11-5-6-11/h8-11H,3-7H2,1-2H3,(H,15,16)(H,17,19). The van der Waals surface area contributed by atoms with Crippen LogP contribution in [-0.2, 0) is 4.79 Å². The maximum absolute atomic E-state index is 12.1. The number of nitrogens with zero attached hydrogens (tertiary/aromatic N) is 2. The first-order chi connectivity index (χ1) is 9.58. The second-order valence-electron chi connectivity index (χ2n) is 5.45. The molecule has 0 aromatic carbocycles. The lowest BCUT2D eigenvalue weighted by molar-refractivity contribution is -0.121. The van der Waals surface area contributed by atoms with E-state index in [9.17, 15) is 9.59 Å². The van der Waals surface area contributed by atoms with Crippen LogP contribution >= 0.6 is 0 Å². The highest BCUT2D eigenvalue weighted by Crippen LogP contribution is 2.18. The van der Waals surface area contributed by atoms with Gasteiger partial charge < -0.3 is 15.2 Å². The third-order valence-electron chi connectivity index (χ3n) is 3.24. The Morgan fingerprint density at radius 1 is 1.50 bits per heavy atom. The van der Waals surface area contributed by atoms with Crippen LogP contribution in [0.15, 0.2) is 17.2 Å². The number of carbonyl (C=O) groups excluding carboxylic acids is 1. The molecule has 0 aliphatic heterocycles. The SMILES string of the molecule is CC(C)n1ccnc(NCCCC(=O)NC2CC2)c1=O. The topological polar surface area (TPSA) is 76.0 Å². The smallest absolute Gasteiger partial charge is 0.293 e. The van der Waals surface area contributed by atoms with E-state index in [1.54, 1.807) is 17.0 Å². The Morgan fingerprint density at radius 2 is 2.25 bits per heavy atom. The molecule has 0 spiro atoms. The van der Waals surface area contributed by atoms with Gasteiger partial charge in [0.15, 0.2) is 5.82 Å². The third-order valence-corrected chi connectivity index (χ3v) is 3.24. The summed E-state index contributed by atoms with van der Waals surface area (Å²) in [5.74, 6) is 0.443. The summed E-state index contributed by atoms with van der Waals surface area (Å²) in [7, 11) is 0. The van der Waals surface area contributed by atoms with E-state index in [1.807, 2.05) is 13.8 Å². The molecule has 1 fully saturated rings. The van der Waals surface area contributed by atoms with Gasteiger partial charge in [0.25, 0.3) is 5.56 Å². The fourth-order valence-corrected chi connectivity index (χ4v) is 1.94. The van der Waals surface area contributed by atoms with Gasteiger partial charge in [-0.2, -0.15) is 0 Å². The molecule has 1 aliphatic carbocycles. The van der Waals surface area contributed by atoms with Crippen molar-refractivity contribution in [2.75, 3.05) is 11.9 Å². The number of amides is 1. The van der Waals surface area contributed by atoms with E-state index < -0.39 is 0 Å². The van der Waals surface area contributed by atoms with Gasteiger partial charge in [0.2, 0.25) is 5.91 Å². The molecule has 2 N–H and O–H groups in total. The molecule has 0 unspecified atom stereocenters. The second-order valence-corrected chi connectivity index (χ2v) is 5.45. The van der Waals surface area contributed by atoms with Crippen LogP contribution in [0, 0.1) is 0 Å². The van der Waals surface area contributed by atoms with E-state index in [-0.39, 0.29) is 17.5 Å². The number of hydrogen-bond donors (Lipinski definition) is 2. The highest BCUT2D eigenvalue weighted by molar-refractivity contribution is 5.76.